The maximum absolute atomic E-state index is 6.26. The van der Waals surface area contributed by atoms with E-state index in [0.717, 1.165) is 44.1 Å². The van der Waals surface area contributed by atoms with Crippen LogP contribution in [0.25, 0.3) is 32.9 Å². The third-order valence-corrected chi connectivity index (χ3v) is 5.91. The number of aromatic nitrogens is 4. The van der Waals surface area contributed by atoms with Crippen molar-refractivity contribution < 1.29 is 9.47 Å². The second kappa shape index (κ2) is 9.80. The highest BCUT2D eigenvalue weighted by Gasteiger charge is 2.17. The van der Waals surface area contributed by atoms with Crippen molar-refractivity contribution in [2.45, 2.75) is 13.2 Å². The minimum absolute atomic E-state index is 0.260. The Hall–Kier alpha value is -4.84. The molecule has 0 unspecified atom stereocenters. The summed E-state index contributed by atoms with van der Waals surface area (Å²) in [6.07, 6.45) is 5.33. The Balaban J connectivity index is 1.44. The number of rotatable bonds is 7. The van der Waals surface area contributed by atoms with Gasteiger partial charge in [-0.15, -0.1) is 0 Å². The zero-order chi connectivity index (χ0) is 24.2. The number of ether oxygens (including phenoxy) is 2. The van der Waals surface area contributed by atoms with Crippen molar-refractivity contribution in [3.05, 3.63) is 121 Å². The largest absolute Gasteiger partial charge is 0.472 e. The Morgan fingerprint density at radius 3 is 2.00 bits per heavy atom. The molecule has 0 fully saturated rings. The fourth-order valence-corrected chi connectivity index (χ4v) is 4.16. The first kappa shape index (κ1) is 21.7. The third kappa shape index (κ3) is 4.44. The van der Waals surface area contributed by atoms with E-state index in [1.807, 2.05) is 84.9 Å². The van der Waals surface area contributed by atoms with E-state index in [1.165, 1.54) is 0 Å². The number of benzene rings is 3. The SMILES string of the molecule is c1ccc(COc2ncc(-c3cc4cccnc4c4ncccc34)c(OCc3ccccc3)n2)cc1. The molecule has 0 aliphatic rings. The van der Waals surface area contributed by atoms with Gasteiger partial charge in [0.15, 0.2) is 0 Å². The van der Waals surface area contributed by atoms with Crippen molar-refractivity contribution in [2.75, 3.05) is 0 Å². The van der Waals surface area contributed by atoms with Crippen molar-refractivity contribution in [1.82, 2.24) is 19.9 Å². The Morgan fingerprint density at radius 2 is 1.25 bits per heavy atom. The summed E-state index contributed by atoms with van der Waals surface area (Å²) in [6, 6.07) is 30.2. The summed E-state index contributed by atoms with van der Waals surface area (Å²) in [4.78, 5) is 18.4. The maximum Gasteiger partial charge on any atom is 0.320 e. The lowest BCUT2D eigenvalue weighted by molar-refractivity contribution is 0.259. The normalized spacial score (nSPS) is 11.0. The summed E-state index contributed by atoms with van der Waals surface area (Å²) in [5, 5.41) is 1.94. The Bertz CT molecular complexity index is 1640. The lowest BCUT2D eigenvalue weighted by Gasteiger charge is -2.14. The molecule has 0 N–H and O–H groups in total. The van der Waals surface area contributed by atoms with Gasteiger partial charge in [-0.1, -0.05) is 72.8 Å². The summed E-state index contributed by atoms with van der Waals surface area (Å²) in [5.41, 5.74) is 5.45. The highest BCUT2D eigenvalue weighted by molar-refractivity contribution is 6.10. The standard InChI is InChI=1S/C30H22N4O2/c1-3-9-21(10-4-1)19-35-29-26(18-33-30(34-29)36-20-22-11-5-2-6-12-22)25-17-23-13-7-15-31-27(23)28-24(25)14-8-16-32-28/h1-18H,19-20H2. The van der Waals surface area contributed by atoms with Crippen LogP contribution in [0.4, 0.5) is 0 Å². The average molecular weight is 471 g/mol. The molecule has 174 valence electrons. The van der Waals surface area contributed by atoms with Crippen LogP contribution in [0.15, 0.2) is 110 Å². The molecule has 3 aromatic carbocycles. The molecule has 6 heteroatoms. The molecule has 3 heterocycles. The number of hydrogen-bond donors (Lipinski definition) is 0. The number of pyridine rings is 2. The van der Waals surface area contributed by atoms with Crippen LogP contribution in [-0.4, -0.2) is 19.9 Å². The van der Waals surface area contributed by atoms with Crippen molar-refractivity contribution in [3.8, 4) is 23.0 Å². The van der Waals surface area contributed by atoms with Crippen LogP contribution in [0.1, 0.15) is 11.1 Å². The van der Waals surface area contributed by atoms with Gasteiger partial charge in [0, 0.05) is 29.4 Å². The van der Waals surface area contributed by atoms with Crippen LogP contribution in [0.5, 0.6) is 11.9 Å². The number of nitrogens with zero attached hydrogens (tertiary/aromatic N) is 4. The maximum atomic E-state index is 6.26. The summed E-state index contributed by atoms with van der Waals surface area (Å²) < 4.78 is 12.2. The van der Waals surface area contributed by atoms with E-state index in [1.54, 1.807) is 18.6 Å². The summed E-state index contributed by atoms with van der Waals surface area (Å²) >= 11 is 0. The third-order valence-electron chi connectivity index (χ3n) is 5.91. The minimum Gasteiger partial charge on any atom is -0.472 e. The first-order valence-electron chi connectivity index (χ1n) is 11.7. The molecule has 0 aliphatic heterocycles. The van der Waals surface area contributed by atoms with E-state index in [4.69, 9.17) is 9.47 Å². The van der Waals surface area contributed by atoms with Gasteiger partial charge >= 0.3 is 6.01 Å². The van der Waals surface area contributed by atoms with Crippen LogP contribution in [0.2, 0.25) is 0 Å². The van der Waals surface area contributed by atoms with Gasteiger partial charge in [-0.2, -0.15) is 4.98 Å². The molecule has 0 amide bonds. The lowest BCUT2D eigenvalue weighted by Crippen LogP contribution is -2.04. The molecule has 0 saturated carbocycles. The first-order valence-corrected chi connectivity index (χ1v) is 11.7. The van der Waals surface area contributed by atoms with Gasteiger partial charge in [0.2, 0.25) is 5.88 Å². The van der Waals surface area contributed by atoms with Gasteiger partial charge in [0.25, 0.3) is 0 Å². The van der Waals surface area contributed by atoms with Gasteiger partial charge in [0.05, 0.1) is 16.6 Å². The topological polar surface area (TPSA) is 70.0 Å². The van der Waals surface area contributed by atoms with E-state index in [9.17, 15) is 0 Å². The molecule has 6 rings (SSSR count). The Kier molecular flexibility index (Phi) is 5.90. The zero-order valence-corrected chi connectivity index (χ0v) is 19.4. The summed E-state index contributed by atoms with van der Waals surface area (Å²) in [5.74, 6) is 0.449. The summed E-state index contributed by atoms with van der Waals surface area (Å²) in [7, 11) is 0. The van der Waals surface area contributed by atoms with Gasteiger partial charge < -0.3 is 9.47 Å². The highest BCUT2D eigenvalue weighted by atomic mass is 16.5. The number of hydrogen-bond acceptors (Lipinski definition) is 6. The average Bonchev–Trinajstić information content (AvgIpc) is 2.96. The lowest BCUT2D eigenvalue weighted by atomic mass is 9.99. The van der Waals surface area contributed by atoms with Gasteiger partial charge in [-0.05, 0) is 34.9 Å². The molecule has 6 nitrogen and oxygen atoms in total. The quantitative estimate of drug-likeness (QED) is 0.252. The van der Waals surface area contributed by atoms with Crippen molar-refractivity contribution in [2.24, 2.45) is 0 Å². The van der Waals surface area contributed by atoms with E-state index >= 15 is 0 Å². The molecule has 0 spiro atoms. The highest BCUT2D eigenvalue weighted by Crippen LogP contribution is 2.37. The zero-order valence-electron chi connectivity index (χ0n) is 19.4. The second-order valence-corrected chi connectivity index (χ2v) is 8.32. The molecule has 3 aromatic heterocycles. The van der Waals surface area contributed by atoms with E-state index in [2.05, 4.69) is 26.0 Å². The van der Waals surface area contributed by atoms with Gasteiger partial charge in [-0.25, -0.2) is 4.98 Å². The smallest absolute Gasteiger partial charge is 0.320 e. The summed E-state index contributed by atoms with van der Waals surface area (Å²) in [6.45, 7) is 0.737. The van der Waals surface area contributed by atoms with E-state index in [-0.39, 0.29) is 6.01 Å². The first-order chi connectivity index (χ1) is 17.8. The Labute approximate surface area is 208 Å². The fourth-order valence-electron chi connectivity index (χ4n) is 4.16. The van der Waals surface area contributed by atoms with Crippen LogP contribution in [0, 0.1) is 0 Å². The van der Waals surface area contributed by atoms with Gasteiger partial charge in [-0.3, -0.25) is 9.97 Å². The predicted octanol–water partition coefficient (Wildman–Crippen LogP) is 6.40. The number of fused-ring (bicyclic) bond motifs is 3. The van der Waals surface area contributed by atoms with Crippen molar-refractivity contribution >= 4 is 21.8 Å². The fraction of sp³-hybridized carbons (Fsp3) is 0.0667. The van der Waals surface area contributed by atoms with E-state index in [0.29, 0.717) is 19.1 Å². The van der Waals surface area contributed by atoms with Crippen molar-refractivity contribution in [3.63, 3.8) is 0 Å². The molecule has 36 heavy (non-hydrogen) atoms. The van der Waals surface area contributed by atoms with Crippen LogP contribution in [0.3, 0.4) is 0 Å². The Morgan fingerprint density at radius 1 is 0.583 bits per heavy atom. The van der Waals surface area contributed by atoms with E-state index < -0.39 is 0 Å². The molecular weight excluding hydrogens is 448 g/mol. The second-order valence-electron chi connectivity index (χ2n) is 8.32. The van der Waals surface area contributed by atoms with Crippen LogP contribution >= 0.6 is 0 Å². The molecule has 0 bridgehead atoms. The monoisotopic (exact) mass is 470 g/mol. The van der Waals surface area contributed by atoms with Crippen LogP contribution < -0.4 is 9.47 Å². The van der Waals surface area contributed by atoms with Crippen LogP contribution in [-0.2, 0) is 13.2 Å². The molecule has 0 atom stereocenters. The molecule has 6 aromatic rings. The molecule has 0 radical (unpaired) electrons. The predicted molar refractivity (Wildman–Crippen MR) is 140 cm³/mol. The van der Waals surface area contributed by atoms with Gasteiger partial charge in [0.1, 0.15) is 13.2 Å². The van der Waals surface area contributed by atoms with Crippen molar-refractivity contribution in [1.29, 1.82) is 0 Å². The molecule has 0 saturated heterocycles. The molecule has 0 aliphatic carbocycles. The molecular formula is C30H22N4O2. The minimum atomic E-state index is 0.260.